The van der Waals surface area contributed by atoms with E-state index in [9.17, 15) is 0 Å². The van der Waals surface area contributed by atoms with Gasteiger partial charge >= 0.3 is 0 Å². The second-order valence-electron chi connectivity index (χ2n) is 1.99. The fourth-order valence-corrected chi connectivity index (χ4v) is 0.646. The van der Waals surface area contributed by atoms with E-state index in [0.29, 0.717) is 0 Å². The lowest BCUT2D eigenvalue weighted by atomic mass is 10.4. The normalized spacial score (nSPS) is 16.4. The van der Waals surface area contributed by atoms with Gasteiger partial charge in [-0.15, -0.1) is 0 Å². The molecular weight excluding hydrogens is 156 g/mol. The van der Waals surface area contributed by atoms with E-state index in [4.69, 9.17) is 20.4 Å². The highest BCUT2D eigenvalue weighted by Crippen LogP contribution is 2.17. The highest BCUT2D eigenvalue weighted by atomic mass is 18.2. The van der Waals surface area contributed by atoms with Crippen LogP contribution < -0.4 is 0 Å². The first-order valence-corrected chi connectivity index (χ1v) is 2.93. The van der Waals surface area contributed by atoms with Crippen LogP contribution in [0.4, 0.5) is 0 Å². The van der Waals surface area contributed by atoms with Crippen LogP contribution >= 0.6 is 0 Å². The molecule has 62 valence electrons. The first-order chi connectivity index (χ1) is 5.11. The highest BCUT2D eigenvalue weighted by Gasteiger charge is 2.12. The van der Waals surface area contributed by atoms with Crippen molar-refractivity contribution >= 4 is 0 Å². The molecule has 0 aliphatic heterocycles. The van der Waals surface area contributed by atoms with Crippen molar-refractivity contribution in [3.8, 4) is 0 Å². The molecule has 0 radical (unpaired) electrons. The maximum atomic E-state index is 8.52. The Hall–Kier alpha value is -0.880. The number of hydrogen-bond acceptors (Lipinski definition) is 5. The third-order valence-electron chi connectivity index (χ3n) is 1.16. The highest BCUT2D eigenvalue weighted by molar-refractivity contribution is 5.08. The van der Waals surface area contributed by atoms with E-state index in [1.165, 1.54) is 12.1 Å². The zero-order valence-corrected chi connectivity index (χ0v) is 5.51. The van der Waals surface area contributed by atoms with Crippen molar-refractivity contribution in [2.24, 2.45) is 0 Å². The number of hydrogen-bond donors (Lipinski definition) is 4. The molecule has 2 atom stereocenters. The predicted molar refractivity (Wildman–Crippen MR) is 33.1 cm³/mol. The van der Waals surface area contributed by atoms with Gasteiger partial charge in [-0.3, -0.25) is 0 Å². The van der Waals surface area contributed by atoms with E-state index < -0.39 is 12.6 Å². The van der Waals surface area contributed by atoms with Crippen LogP contribution in [0.5, 0.6) is 0 Å². The molecule has 0 aliphatic carbocycles. The minimum absolute atomic E-state index is 0.117. The van der Waals surface area contributed by atoms with Gasteiger partial charge in [0.05, 0.1) is 0 Å². The Bertz CT molecular complexity index is 204. The molecule has 1 aromatic heterocycles. The molecule has 1 aromatic rings. The standard InChI is InChI=1S/C6H8O5/c7-5(8)3-1-2-4(11-3)6(9)10/h1-2,5-10H/i7+2,9+2. The van der Waals surface area contributed by atoms with Crippen molar-refractivity contribution in [3.05, 3.63) is 23.7 Å². The summed E-state index contributed by atoms with van der Waals surface area (Å²) in [6.45, 7) is 0. The number of furan rings is 1. The van der Waals surface area contributed by atoms with Gasteiger partial charge in [-0.05, 0) is 12.1 Å². The zero-order chi connectivity index (χ0) is 8.43. The number of aliphatic hydroxyl groups is 4. The first-order valence-electron chi connectivity index (χ1n) is 2.93. The van der Waals surface area contributed by atoms with Gasteiger partial charge in [0.1, 0.15) is 0 Å². The van der Waals surface area contributed by atoms with Gasteiger partial charge in [0.25, 0.3) is 0 Å². The summed E-state index contributed by atoms with van der Waals surface area (Å²) in [5, 5.41) is 34.1. The zero-order valence-electron chi connectivity index (χ0n) is 5.51. The molecule has 0 aromatic carbocycles. The van der Waals surface area contributed by atoms with Crippen LogP contribution in [0.3, 0.4) is 0 Å². The molecule has 0 aliphatic rings. The number of aliphatic hydroxyl groups excluding tert-OH is 2. The van der Waals surface area contributed by atoms with E-state index in [-0.39, 0.29) is 11.5 Å². The Morgan fingerprint density at radius 1 is 1.09 bits per heavy atom. The van der Waals surface area contributed by atoms with Crippen LogP contribution in [0, 0.1) is 0 Å². The van der Waals surface area contributed by atoms with Crippen LogP contribution in [0.15, 0.2) is 16.5 Å². The summed E-state index contributed by atoms with van der Waals surface area (Å²) in [5.74, 6) is -0.235. The summed E-state index contributed by atoms with van der Waals surface area (Å²) >= 11 is 0. The molecular formula is C6H8O5. The molecule has 5 nitrogen and oxygen atoms in total. The van der Waals surface area contributed by atoms with Crippen molar-refractivity contribution in [2.75, 3.05) is 0 Å². The molecule has 0 fully saturated rings. The predicted octanol–water partition coefficient (Wildman–Crippen LogP) is -0.754. The van der Waals surface area contributed by atoms with Crippen molar-refractivity contribution in [1.82, 2.24) is 0 Å². The van der Waals surface area contributed by atoms with Gasteiger partial charge < -0.3 is 24.8 Å². The maximum Gasteiger partial charge on any atom is 0.212 e. The van der Waals surface area contributed by atoms with Crippen LogP contribution in [-0.4, -0.2) is 20.4 Å². The van der Waals surface area contributed by atoms with E-state index in [1.54, 1.807) is 0 Å². The lowest BCUT2D eigenvalue weighted by Gasteiger charge is -1.98. The first kappa shape index (κ1) is 8.22. The third-order valence-corrected chi connectivity index (χ3v) is 1.16. The van der Waals surface area contributed by atoms with Crippen LogP contribution in [0.2, 0.25) is 0 Å². The summed E-state index contributed by atoms with van der Waals surface area (Å²) in [7, 11) is 0. The lowest BCUT2D eigenvalue weighted by Crippen LogP contribution is -1.93. The Morgan fingerprint density at radius 3 is 1.64 bits per heavy atom. The Morgan fingerprint density at radius 2 is 1.45 bits per heavy atom. The average Bonchev–Trinajstić information content (AvgIpc) is 2.33. The van der Waals surface area contributed by atoms with Gasteiger partial charge in [-0.2, -0.15) is 0 Å². The van der Waals surface area contributed by atoms with Gasteiger partial charge in [-0.1, -0.05) is 0 Å². The van der Waals surface area contributed by atoms with E-state index in [0.717, 1.165) is 0 Å². The topological polar surface area (TPSA) is 94.1 Å². The Balaban J connectivity index is 2.82. The van der Waals surface area contributed by atoms with Crippen LogP contribution in [-0.2, 0) is 0 Å². The maximum absolute atomic E-state index is 8.52. The summed E-state index contributed by atoms with van der Waals surface area (Å²) in [6, 6.07) is 2.50. The van der Waals surface area contributed by atoms with E-state index in [1.807, 2.05) is 0 Å². The largest absolute Gasteiger partial charge is 0.455 e. The van der Waals surface area contributed by atoms with E-state index in [2.05, 4.69) is 4.42 Å². The Labute approximate surface area is 62.1 Å². The molecule has 11 heavy (non-hydrogen) atoms. The Kier molecular flexibility index (Phi) is 2.25. The molecule has 0 saturated heterocycles. The fraction of sp³-hybridized carbons (Fsp3) is 0.333. The summed E-state index contributed by atoms with van der Waals surface area (Å²) in [4.78, 5) is 0. The molecule has 0 amide bonds. The second-order valence-corrected chi connectivity index (χ2v) is 1.99. The molecule has 0 spiro atoms. The van der Waals surface area contributed by atoms with Gasteiger partial charge in [0.15, 0.2) is 11.5 Å². The molecule has 2 unspecified atom stereocenters. The van der Waals surface area contributed by atoms with Crippen LogP contribution in [0.25, 0.3) is 0 Å². The molecule has 5 heteroatoms. The van der Waals surface area contributed by atoms with Crippen molar-refractivity contribution in [3.63, 3.8) is 0 Å². The quantitative estimate of drug-likeness (QED) is 0.340. The molecule has 1 rings (SSSR count). The average molecular weight is 164 g/mol. The second kappa shape index (κ2) is 3.02. The van der Waals surface area contributed by atoms with E-state index >= 15 is 0 Å². The van der Waals surface area contributed by atoms with Gasteiger partial charge in [-0.25, -0.2) is 0 Å². The lowest BCUT2D eigenvalue weighted by molar-refractivity contribution is -0.0758. The molecule has 1 heterocycles. The number of rotatable bonds is 2. The fourth-order valence-electron chi connectivity index (χ4n) is 0.646. The third kappa shape index (κ3) is 1.78. The van der Waals surface area contributed by atoms with Crippen molar-refractivity contribution in [2.45, 2.75) is 12.6 Å². The molecule has 4 N–H and O–H groups in total. The summed E-state index contributed by atoms with van der Waals surface area (Å²) < 4.78 is 4.61. The molecule has 0 bridgehead atoms. The molecule has 0 saturated carbocycles. The van der Waals surface area contributed by atoms with Crippen LogP contribution in [0.1, 0.15) is 24.1 Å². The van der Waals surface area contributed by atoms with Crippen molar-refractivity contribution < 1.29 is 24.8 Å². The minimum Gasteiger partial charge on any atom is -0.455 e. The smallest absolute Gasteiger partial charge is 0.212 e. The van der Waals surface area contributed by atoms with Gasteiger partial charge in [0, 0.05) is 0 Å². The van der Waals surface area contributed by atoms with Gasteiger partial charge in [0.2, 0.25) is 12.6 Å². The summed E-state index contributed by atoms with van der Waals surface area (Å²) in [5.41, 5.74) is 0. The van der Waals surface area contributed by atoms with Crippen molar-refractivity contribution in [1.29, 1.82) is 0 Å². The summed E-state index contributed by atoms with van der Waals surface area (Å²) in [6.07, 6.45) is -3.44. The minimum atomic E-state index is -1.72. The monoisotopic (exact) mass is 164 g/mol. The SMILES string of the molecule is OC([18OH])c1ccc(C(O)[18OH])o1.